The maximum absolute atomic E-state index is 12.2. The lowest BCUT2D eigenvalue weighted by Crippen LogP contribution is -2.21. The van der Waals surface area contributed by atoms with Crippen molar-refractivity contribution in [1.29, 1.82) is 0 Å². The second-order valence-electron chi connectivity index (χ2n) is 8.58. The molecule has 1 heterocycles. The van der Waals surface area contributed by atoms with Crippen molar-refractivity contribution in [1.82, 2.24) is 9.97 Å². The van der Waals surface area contributed by atoms with E-state index in [0.717, 1.165) is 46.2 Å². The Morgan fingerprint density at radius 1 is 1.11 bits per heavy atom. The first-order valence-corrected chi connectivity index (χ1v) is 11.4. The number of methoxy groups -OCH3 is 1. The number of hydrogen-bond donors (Lipinski definition) is 2. The number of amidine groups is 1. The molecule has 2 aromatic carbocycles. The highest BCUT2D eigenvalue weighted by Crippen LogP contribution is 2.49. The SMILES string of the molecule is C=C(C)c1cncc(NC(=NC)C(=CN)c2ccc(-c3ccc(C4(C(=O)OC)CC4)cc3)cc2)n1. The summed E-state index contributed by atoms with van der Waals surface area (Å²) < 4.78 is 4.99. The number of nitrogens with two attached hydrogens (primary N) is 1. The van der Waals surface area contributed by atoms with Gasteiger partial charge in [-0.2, -0.15) is 0 Å². The number of carbonyl (C=O) groups excluding carboxylic acids is 1. The zero-order valence-electron chi connectivity index (χ0n) is 20.2. The van der Waals surface area contributed by atoms with Crippen molar-refractivity contribution in [3.8, 4) is 11.1 Å². The number of aliphatic imine (C=N–C) groups is 1. The fraction of sp³-hybridized carbons (Fsp3) is 0.214. The fourth-order valence-electron chi connectivity index (χ4n) is 4.06. The molecule has 0 unspecified atom stereocenters. The summed E-state index contributed by atoms with van der Waals surface area (Å²) in [5.74, 6) is 0.980. The van der Waals surface area contributed by atoms with Crippen LogP contribution in [0, 0.1) is 0 Å². The Bertz CT molecular complexity index is 1300. The third kappa shape index (κ3) is 4.84. The van der Waals surface area contributed by atoms with Gasteiger partial charge in [0.25, 0.3) is 0 Å². The van der Waals surface area contributed by atoms with Gasteiger partial charge in [0.2, 0.25) is 0 Å². The van der Waals surface area contributed by atoms with E-state index in [9.17, 15) is 4.79 Å². The first-order valence-electron chi connectivity index (χ1n) is 11.4. The lowest BCUT2D eigenvalue weighted by atomic mass is 9.93. The van der Waals surface area contributed by atoms with Crippen LogP contribution in [0.3, 0.4) is 0 Å². The minimum absolute atomic E-state index is 0.157. The summed E-state index contributed by atoms with van der Waals surface area (Å²) in [6.45, 7) is 5.80. The molecule has 0 amide bonds. The first kappa shape index (κ1) is 23.9. The molecule has 1 aliphatic carbocycles. The van der Waals surface area contributed by atoms with Crippen LogP contribution < -0.4 is 11.1 Å². The van der Waals surface area contributed by atoms with Crippen molar-refractivity contribution < 1.29 is 9.53 Å². The molecule has 178 valence electrons. The van der Waals surface area contributed by atoms with Crippen LogP contribution >= 0.6 is 0 Å². The molecule has 1 fully saturated rings. The summed E-state index contributed by atoms with van der Waals surface area (Å²) in [5, 5.41) is 3.21. The maximum Gasteiger partial charge on any atom is 0.316 e. The summed E-state index contributed by atoms with van der Waals surface area (Å²) in [6.07, 6.45) is 6.49. The Morgan fingerprint density at radius 3 is 2.26 bits per heavy atom. The number of rotatable bonds is 7. The number of ether oxygens (including phenoxy) is 1. The molecule has 1 saturated carbocycles. The van der Waals surface area contributed by atoms with Crippen LogP contribution in [0.1, 0.15) is 36.6 Å². The highest BCUT2D eigenvalue weighted by atomic mass is 16.5. The van der Waals surface area contributed by atoms with Crippen molar-refractivity contribution in [3.63, 3.8) is 0 Å². The number of nitrogens with zero attached hydrogens (tertiary/aromatic N) is 3. The summed E-state index contributed by atoms with van der Waals surface area (Å²) in [6, 6.07) is 16.2. The molecule has 0 spiro atoms. The highest BCUT2D eigenvalue weighted by Gasteiger charge is 2.52. The Labute approximate surface area is 205 Å². The lowest BCUT2D eigenvalue weighted by molar-refractivity contribution is -0.143. The average Bonchev–Trinajstić information content (AvgIpc) is 3.71. The van der Waals surface area contributed by atoms with E-state index in [1.165, 1.54) is 13.3 Å². The molecule has 0 saturated heterocycles. The van der Waals surface area contributed by atoms with Gasteiger partial charge in [-0.25, -0.2) is 4.98 Å². The minimum atomic E-state index is -0.463. The Kier molecular flexibility index (Phi) is 6.78. The van der Waals surface area contributed by atoms with E-state index < -0.39 is 5.41 Å². The number of esters is 1. The van der Waals surface area contributed by atoms with E-state index in [1.807, 2.05) is 55.5 Å². The van der Waals surface area contributed by atoms with Crippen molar-refractivity contribution >= 4 is 28.8 Å². The van der Waals surface area contributed by atoms with Crippen LogP contribution in [0.15, 0.2) is 78.7 Å². The number of allylic oxidation sites excluding steroid dienone is 1. The molecule has 4 rings (SSSR count). The lowest BCUT2D eigenvalue weighted by Gasteiger charge is -2.14. The number of hydrogen-bond acceptors (Lipinski definition) is 6. The van der Waals surface area contributed by atoms with Gasteiger partial charge < -0.3 is 15.8 Å². The fourth-order valence-corrected chi connectivity index (χ4v) is 4.06. The van der Waals surface area contributed by atoms with Gasteiger partial charge in [0.1, 0.15) is 5.84 Å². The molecule has 1 aliphatic rings. The third-order valence-electron chi connectivity index (χ3n) is 6.26. The smallest absolute Gasteiger partial charge is 0.316 e. The van der Waals surface area contributed by atoms with Crippen LogP contribution in [0.25, 0.3) is 22.3 Å². The number of benzene rings is 2. The standard InChI is InChI=1S/C28H29N5O2/c1-18(2)24-16-31-17-25(32-24)33-26(30-3)23(15-29)21-7-5-19(6-8-21)20-9-11-22(12-10-20)28(13-14-28)27(34)35-4/h5-12,15-17H,1,13-14,29H2,2-4H3,(H,30,32,33). The highest BCUT2D eigenvalue weighted by molar-refractivity contribution is 6.28. The summed E-state index contributed by atoms with van der Waals surface area (Å²) in [4.78, 5) is 25.3. The molecule has 0 atom stereocenters. The minimum Gasteiger partial charge on any atom is -0.468 e. The average molecular weight is 468 g/mol. The molecule has 0 aliphatic heterocycles. The van der Waals surface area contributed by atoms with Crippen molar-refractivity contribution in [2.75, 3.05) is 19.5 Å². The van der Waals surface area contributed by atoms with E-state index in [4.69, 9.17) is 10.5 Å². The molecule has 7 nitrogen and oxygen atoms in total. The van der Waals surface area contributed by atoms with Gasteiger partial charge in [0, 0.05) is 18.8 Å². The topological polar surface area (TPSA) is 102 Å². The van der Waals surface area contributed by atoms with Gasteiger partial charge in [-0.15, -0.1) is 0 Å². The molecule has 3 N–H and O–H groups in total. The van der Waals surface area contributed by atoms with Crippen LogP contribution in [-0.4, -0.2) is 35.9 Å². The van der Waals surface area contributed by atoms with Gasteiger partial charge in [0.15, 0.2) is 5.82 Å². The zero-order valence-corrected chi connectivity index (χ0v) is 20.2. The van der Waals surface area contributed by atoms with Crippen LogP contribution in [-0.2, 0) is 14.9 Å². The second kappa shape index (κ2) is 9.93. The Morgan fingerprint density at radius 2 is 1.74 bits per heavy atom. The van der Waals surface area contributed by atoms with E-state index in [2.05, 4.69) is 26.9 Å². The molecule has 1 aromatic heterocycles. The Balaban J connectivity index is 1.52. The molecule has 3 aromatic rings. The molecular weight excluding hydrogens is 438 g/mol. The predicted molar refractivity (Wildman–Crippen MR) is 141 cm³/mol. The number of nitrogens with one attached hydrogen (secondary N) is 1. The molecular formula is C28H29N5O2. The van der Waals surface area contributed by atoms with E-state index in [0.29, 0.717) is 17.3 Å². The normalized spacial score (nSPS) is 14.8. The maximum atomic E-state index is 12.2. The van der Waals surface area contributed by atoms with Crippen molar-refractivity contribution in [2.24, 2.45) is 10.7 Å². The number of carbonyl (C=O) groups is 1. The van der Waals surface area contributed by atoms with E-state index in [1.54, 1.807) is 19.4 Å². The van der Waals surface area contributed by atoms with Crippen LogP contribution in [0.4, 0.5) is 5.82 Å². The quantitative estimate of drug-likeness (QED) is 0.293. The van der Waals surface area contributed by atoms with E-state index in [-0.39, 0.29) is 5.97 Å². The summed E-state index contributed by atoms with van der Waals surface area (Å²) in [5.41, 5.74) is 11.8. The van der Waals surface area contributed by atoms with Gasteiger partial charge >= 0.3 is 5.97 Å². The zero-order chi connectivity index (χ0) is 25.0. The Hall–Kier alpha value is -4.26. The summed E-state index contributed by atoms with van der Waals surface area (Å²) in [7, 11) is 3.14. The van der Waals surface area contributed by atoms with Gasteiger partial charge in [-0.1, -0.05) is 55.1 Å². The number of anilines is 1. The van der Waals surface area contributed by atoms with Crippen LogP contribution in [0.2, 0.25) is 0 Å². The van der Waals surface area contributed by atoms with Crippen molar-refractivity contribution in [2.45, 2.75) is 25.2 Å². The summed E-state index contributed by atoms with van der Waals surface area (Å²) >= 11 is 0. The van der Waals surface area contributed by atoms with Gasteiger partial charge in [-0.05, 0) is 47.6 Å². The predicted octanol–water partition coefficient (Wildman–Crippen LogP) is 4.82. The molecule has 0 radical (unpaired) electrons. The molecule has 7 heteroatoms. The molecule has 35 heavy (non-hydrogen) atoms. The van der Waals surface area contributed by atoms with E-state index >= 15 is 0 Å². The largest absolute Gasteiger partial charge is 0.468 e. The number of aromatic nitrogens is 2. The van der Waals surface area contributed by atoms with Crippen LogP contribution in [0.5, 0.6) is 0 Å². The van der Waals surface area contributed by atoms with Crippen molar-refractivity contribution in [3.05, 3.63) is 90.5 Å². The molecule has 0 bridgehead atoms. The van der Waals surface area contributed by atoms with Gasteiger partial charge in [0.05, 0.1) is 30.6 Å². The monoisotopic (exact) mass is 467 g/mol. The third-order valence-corrected chi connectivity index (χ3v) is 6.26. The van der Waals surface area contributed by atoms with Gasteiger partial charge in [-0.3, -0.25) is 14.8 Å². The second-order valence-corrected chi connectivity index (χ2v) is 8.58. The first-order chi connectivity index (χ1) is 16.9.